The lowest BCUT2D eigenvalue weighted by Gasteiger charge is -2.18. The molecule has 1 aromatic heterocycles. The number of urea groups is 1. The Kier molecular flexibility index (Phi) is 1.52. The molecule has 0 saturated carbocycles. The molecule has 1 unspecified atom stereocenters. The van der Waals surface area contributed by atoms with Crippen molar-refractivity contribution in [3.63, 3.8) is 0 Å². The van der Waals surface area contributed by atoms with Gasteiger partial charge in [0.05, 0.1) is 20.3 Å². The molecular formula is C9H9N4O3+. The standard InChI is InChI=1S/C9H9N4O3/c1-12-7(14)5-6-4(3-10-11-6)16-8(5)13(2)9(12)15/h3,5H,1-2H3,(H,10,11)/q+1. The van der Waals surface area contributed by atoms with Crippen molar-refractivity contribution in [1.29, 1.82) is 0 Å². The summed E-state index contributed by atoms with van der Waals surface area (Å²) in [5.41, 5.74) is 0.603. The molecule has 0 saturated heterocycles. The van der Waals surface area contributed by atoms with E-state index in [9.17, 15) is 9.59 Å². The summed E-state index contributed by atoms with van der Waals surface area (Å²) in [7, 11) is 3.03. The number of hydrogen-bond donors (Lipinski definition) is 1. The van der Waals surface area contributed by atoms with Crippen molar-refractivity contribution in [3.05, 3.63) is 11.9 Å². The Morgan fingerprint density at radius 3 is 3.06 bits per heavy atom. The topological polar surface area (TPSA) is 78.3 Å². The highest BCUT2D eigenvalue weighted by Crippen LogP contribution is 2.36. The Morgan fingerprint density at radius 1 is 1.56 bits per heavy atom. The van der Waals surface area contributed by atoms with Crippen molar-refractivity contribution in [1.82, 2.24) is 15.1 Å². The van der Waals surface area contributed by atoms with Crippen LogP contribution in [0, 0.1) is 0 Å². The fraction of sp³-hybridized carbons (Fsp3) is 0.333. The minimum Gasteiger partial charge on any atom is -0.422 e. The van der Waals surface area contributed by atoms with Crippen LogP contribution < -0.4 is 4.74 Å². The summed E-state index contributed by atoms with van der Waals surface area (Å²) < 4.78 is 6.77. The number of aromatic amines is 1. The molecule has 0 spiro atoms. The van der Waals surface area contributed by atoms with Crippen LogP contribution >= 0.6 is 0 Å². The number of H-pyrrole nitrogens is 1. The van der Waals surface area contributed by atoms with E-state index in [1.54, 1.807) is 7.05 Å². The summed E-state index contributed by atoms with van der Waals surface area (Å²) in [6, 6.07) is -0.394. The van der Waals surface area contributed by atoms with Gasteiger partial charge in [-0.25, -0.2) is 4.79 Å². The minimum absolute atomic E-state index is 0.305. The van der Waals surface area contributed by atoms with Crippen LogP contribution in [0.4, 0.5) is 4.79 Å². The molecule has 3 rings (SSSR count). The quantitative estimate of drug-likeness (QED) is 0.600. The van der Waals surface area contributed by atoms with Gasteiger partial charge in [-0.05, 0) is 0 Å². The van der Waals surface area contributed by atoms with Crippen molar-refractivity contribution in [2.75, 3.05) is 14.1 Å². The molecule has 1 N–H and O–H groups in total. The maximum Gasteiger partial charge on any atom is 0.502 e. The number of hydrogen-bond acceptors (Lipinski definition) is 4. The van der Waals surface area contributed by atoms with Gasteiger partial charge in [-0.2, -0.15) is 19.4 Å². The molecule has 0 aromatic carbocycles. The number of rotatable bonds is 0. The number of imide groups is 1. The van der Waals surface area contributed by atoms with Crippen LogP contribution in [-0.4, -0.2) is 51.6 Å². The first-order chi connectivity index (χ1) is 7.61. The maximum absolute atomic E-state index is 12.0. The second-order valence-electron chi connectivity index (χ2n) is 3.76. The van der Waals surface area contributed by atoms with E-state index in [4.69, 9.17) is 4.74 Å². The number of likely N-dealkylation sites (N-methyl/N-ethyl adjacent to an activating group) is 1. The monoisotopic (exact) mass is 221 g/mol. The molecule has 1 aromatic rings. The van der Waals surface area contributed by atoms with Crippen LogP contribution in [0.1, 0.15) is 11.6 Å². The van der Waals surface area contributed by atoms with Crippen molar-refractivity contribution in [2.45, 2.75) is 5.92 Å². The molecule has 0 bridgehead atoms. The Bertz CT molecular complexity index is 545. The van der Waals surface area contributed by atoms with Crippen molar-refractivity contribution >= 4 is 17.8 Å². The first kappa shape index (κ1) is 9.08. The third kappa shape index (κ3) is 0.873. The van der Waals surface area contributed by atoms with E-state index in [1.807, 2.05) is 0 Å². The summed E-state index contributed by atoms with van der Waals surface area (Å²) in [6.07, 6.45) is 1.49. The average Bonchev–Trinajstić information content (AvgIpc) is 2.82. The third-order valence-electron chi connectivity index (χ3n) is 2.86. The molecule has 82 valence electrons. The third-order valence-corrected chi connectivity index (χ3v) is 2.86. The van der Waals surface area contributed by atoms with Crippen LogP contribution in [0.15, 0.2) is 6.20 Å². The first-order valence-electron chi connectivity index (χ1n) is 4.74. The fourth-order valence-corrected chi connectivity index (χ4v) is 1.97. The maximum atomic E-state index is 12.0. The molecule has 7 heteroatoms. The highest BCUT2D eigenvalue weighted by Gasteiger charge is 2.52. The normalized spacial score (nSPS) is 23.4. The lowest BCUT2D eigenvalue weighted by molar-refractivity contribution is -0.413. The molecule has 0 fully saturated rings. The van der Waals surface area contributed by atoms with Crippen molar-refractivity contribution in [2.24, 2.45) is 0 Å². The smallest absolute Gasteiger partial charge is 0.422 e. The van der Waals surface area contributed by atoms with E-state index < -0.39 is 11.9 Å². The van der Waals surface area contributed by atoms with Crippen molar-refractivity contribution in [3.8, 4) is 5.75 Å². The lowest BCUT2D eigenvalue weighted by atomic mass is 10.0. The number of carbonyl (C=O) groups excluding carboxylic acids is 2. The average molecular weight is 221 g/mol. The van der Waals surface area contributed by atoms with Gasteiger partial charge in [-0.1, -0.05) is 0 Å². The van der Waals surface area contributed by atoms with Crippen LogP contribution in [0.2, 0.25) is 0 Å². The Morgan fingerprint density at radius 2 is 2.31 bits per heavy atom. The van der Waals surface area contributed by atoms with Gasteiger partial charge in [-0.15, -0.1) is 0 Å². The molecular weight excluding hydrogens is 212 g/mol. The van der Waals surface area contributed by atoms with Gasteiger partial charge in [0.1, 0.15) is 5.69 Å². The van der Waals surface area contributed by atoms with Crippen molar-refractivity contribution < 1.29 is 18.9 Å². The SMILES string of the molecule is CN1C(=O)C2C(=[N+](C)C1=O)Oc1cn[nH]c12. The van der Waals surface area contributed by atoms with Crippen LogP contribution in [0.25, 0.3) is 0 Å². The molecule has 2 aliphatic heterocycles. The van der Waals surface area contributed by atoms with E-state index in [0.717, 1.165) is 4.90 Å². The van der Waals surface area contributed by atoms with Crippen LogP contribution in [-0.2, 0) is 4.79 Å². The van der Waals surface area contributed by atoms with E-state index in [0.29, 0.717) is 17.3 Å². The number of nitrogens with one attached hydrogen (secondary N) is 1. The van der Waals surface area contributed by atoms with Gasteiger partial charge in [0, 0.05) is 0 Å². The number of amides is 3. The summed E-state index contributed by atoms with van der Waals surface area (Å²) in [5.74, 6) is -0.0358. The second-order valence-corrected chi connectivity index (χ2v) is 3.76. The Balaban J connectivity index is 2.22. The van der Waals surface area contributed by atoms with Gasteiger partial charge < -0.3 is 4.74 Å². The zero-order valence-corrected chi connectivity index (χ0v) is 8.72. The summed E-state index contributed by atoms with van der Waals surface area (Å²) in [5, 5.41) is 6.52. The summed E-state index contributed by atoms with van der Waals surface area (Å²) in [4.78, 5) is 24.7. The highest BCUT2D eigenvalue weighted by atomic mass is 16.5. The summed E-state index contributed by atoms with van der Waals surface area (Å²) in [6.45, 7) is 0. The molecule has 2 aliphatic rings. The van der Waals surface area contributed by atoms with E-state index in [-0.39, 0.29) is 5.91 Å². The Hall–Kier alpha value is -2.18. The molecule has 0 radical (unpaired) electrons. The second kappa shape index (κ2) is 2.69. The van der Waals surface area contributed by atoms with Gasteiger partial charge in [0.15, 0.2) is 5.75 Å². The molecule has 16 heavy (non-hydrogen) atoms. The predicted molar refractivity (Wildman–Crippen MR) is 51.3 cm³/mol. The number of fused-ring (bicyclic) bond motifs is 3. The van der Waals surface area contributed by atoms with Gasteiger partial charge >= 0.3 is 11.9 Å². The molecule has 3 heterocycles. The van der Waals surface area contributed by atoms with Crippen LogP contribution in [0.3, 0.4) is 0 Å². The van der Waals surface area contributed by atoms with Gasteiger partial charge in [0.2, 0.25) is 5.92 Å². The zero-order valence-electron chi connectivity index (χ0n) is 8.72. The van der Waals surface area contributed by atoms with E-state index >= 15 is 0 Å². The lowest BCUT2D eigenvalue weighted by Crippen LogP contribution is -2.50. The van der Waals surface area contributed by atoms with Gasteiger partial charge in [-0.3, -0.25) is 5.10 Å². The van der Waals surface area contributed by atoms with Gasteiger partial charge in [0.25, 0.3) is 5.90 Å². The molecule has 7 nitrogen and oxygen atoms in total. The largest absolute Gasteiger partial charge is 0.502 e. The molecule has 1 atom stereocenters. The van der Waals surface area contributed by atoms with E-state index in [1.165, 1.54) is 17.8 Å². The highest BCUT2D eigenvalue weighted by molar-refractivity contribution is 6.14. The fourth-order valence-electron chi connectivity index (χ4n) is 1.97. The number of aromatic nitrogens is 2. The number of ether oxygens (including phenoxy) is 1. The molecule has 3 amide bonds. The van der Waals surface area contributed by atoms with Crippen LogP contribution in [0.5, 0.6) is 5.75 Å². The summed E-state index contributed by atoms with van der Waals surface area (Å²) >= 11 is 0. The minimum atomic E-state index is -0.579. The number of carbonyl (C=O) groups is 2. The predicted octanol–water partition coefficient (Wildman–Crippen LogP) is -0.482. The van der Waals surface area contributed by atoms with E-state index in [2.05, 4.69) is 10.2 Å². The zero-order chi connectivity index (χ0) is 11.4. The Labute approximate surface area is 90.3 Å². The molecule has 0 aliphatic carbocycles. The first-order valence-corrected chi connectivity index (χ1v) is 4.74. The number of nitrogens with zero attached hydrogens (tertiary/aromatic N) is 3.